The molecular formula is C21H21BrN2O2. The fourth-order valence-corrected chi connectivity index (χ4v) is 3.50. The van der Waals surface area contributed by atoms with Crippen LogP contribution in [-0.2, 0) is 6.42 Å². The Hall–Kier alpha value is -2.32. The number of rotatable bonds is 5. The van der Waals surface area contributed by atoms with Crippen molar-refractivity contribution in [3.05, 3.63) is 69.6 Å². The molecule has 4 nitrogen and oxygen atoms in total. The second kappa shape index (κ2) is 7.51. The Bertz CT molecular complexity index is 951. The van der Waals surface area contributed by atoms with Gasteiger partial charge in [0.25, 0.3) is 5.56 Å². The molecule has 1 aliphatic rings. The average molecular weight is 413 g/mol. The topological polar surface area (TPSA) is 55.0 Å². The molecule has 3 rings (SSSR count). The number of unbranched alkanes of at least 4 members (excludes halogenated alkanes) is 1. The molecule has 2 heterocycles. The molecule has 5 heteroatoms. The number of nitriles is 1. The van der Waals surface area contributed by atoms with E-state index in [2.05, 4.69) is 22.0 Å². The molecule has 1 aromatic heterocycles. The van der Waals surface area contributed by atoms with E-state index in [0.717, 1.165) is 41.4 Å². The number of hydrogen-bond acceptors (Lipinski definition) is 3. The van der Waals surface area contributed by atoms with Crippen LogP contribution in [0.1, 0.15) is 43.4 Å². The highest BCUT2D eigenvalue weighted by Gasteiger charge is 2.28. The van der Waals surface area contributed by atoms with E-state index in [4.69, 9.17) is 4.74 Å². The molecule has 134 valence electrons. The number of fused-ring (bicyclic) bond motifs is 1. The summed E-state index contributed by atoms with van der Waals surface area (Å²) in [6.45, 7) is 3.90. The van der Waals surface area contributed by atoms with E-state index in [9.17, 15) is 10.1 Å². The summed E-state index contributed by atoms with van der Waals surface area (Å²) in [6.07, 6.45) is 6.78. The minimum atomic E-state index is -0.537. The van der Waals surface area contributed by atoms with E-state index in [1.165, 1.54) is 0 Å². The van der Waals surface area contributed by atoms with Crippen LogP contribution < -0.4 is 10.3 Å². The molecule has 0 fully saturated rings. The molecule has 0 atom stereocenters. The fourth-order valence-electron chi connectivity index (χ4n) is 3.11. The Kier molecular flexibility index (Phi) is 5.33. The SMILES string of the molecule is CC1(C)C=C(n2ccc(CCCCBr)cc2=O)c2cc(C#N)ccc2O1. The Balaban J connectivity index is 2.04. The molecule has 0 N–H and O–H groups in total. The maximum atomic E-state index is 12.8. The van der Waals surface area contributed by atoms with E-state index in [0.29, 0.717) is 11.3 Å². The molecule has 0 spiro atoms. The van der Waals surface area contributed by atoms with E-state index < -0.39 is 5.60 Å². The summed E-state index contributed by atoms with van der Waals surface area (Å²) >= 11 is 3.43. The number of aromatic nitrogens is 1. The summed E-state index contributed by atoms with van der Waals surface area (Å²) in [7, 11) is 0. The predicted molar refractivity (Wildman–Crippen MR) is 107 cm³/mol. The van der Waals surface area contributed by atoms with Crippen molar-refractivity contribution in [3.63, 3.8) is 0 Å². The summed E-state index contributed by atoms with van der Waals surface area (Å²) in [5, 5.41) is 10.2. The van der Waals surface area contributed by atoms with Crippen molar-refractivity contribution >= 4 is 21.6 Å². The molecule has 26 heavy (non-hydrogen) atoms. The predicted octanol–water partition coefficient (Wildman–Crippen LogP) is 4.50. The highest BCUT2D eigenvalue weighted by molar-refractivity contribution is 9.09. The number of ether oxygens (including phenoxy) is 1. The van der Waals surface area contributed by atoms with Gasteiger partial charge in [0.05, 0.1) is 17.3 Å². The molecule has 0 aliphatic carbocycles. The minimum absolute atomic E-state index is 0.0707. The van der Waals surface area contributed by atoms with Gasteiger partial charge in [-0.05, 0) is 69.0 Å². The number of alkyl halides is 1. The quantitative estimate of drug-likeness (QED) is 0.536. The number of benzene rings is 1. The monoisotopic (exact) mass is 412 g/mol. The number of halogens is 1. The lowest BCUT2D eigenvalue weighted by molar-refractivity contribution is 0.157. The number of pyridine rings is 1. The molecule has 2 aromatic rings. The van der Waals surface area contributed by atoms with Crippen molar-refractivity contribution in [1.82, 2.24) is 4.57 Å². The van der Waals surface area contributed by atoms with Crippen LogP contribution in [0.3, 0.4) is 0 Å². The standard InChI is InChI=1S/C21H21BrN2O2/c1-21(2)13-18(17-11-16(14-23)6-7-19(17)26-21)24-10-8-15(12-20(24)25)5-3-4-9-22/h6-8,10-13H,3-5,9H2,1-2H3. The van der Waals surface area contributed by atoms with Crippen molar-refractivity contribution in [2.24, 2.45) is 0 Å². The zero-order chi connectivity index (χ0) is 18.7. The number of nitrogens with zero attached hydrogens (tertiary/aromatic N) is 2. The molecule has 0 unspecified atom stereocenters. The Morgan fingerprint density at radius 2 is 2.04 bits per heavy atom. The molecule has 0 saturated carbocycles. The van der Waals surface area contributed by atoms with E-state index in [1.807, 2.05) is 32.2 Å². The summed E-state index contributed by atoms with van der Waals surface area (Å²) in [6, 6.07) is 11.1. The van der Waals surface area contributed by atoms with E-state index in [-0.39, 0.29) is 5.56 Å². The van der Waals surface area contributed by atoms with Crippen LogP contribution in [0.2, 0.25) is 0 Å². The molecule has 0 amide bonds. The fraction of sp³-hybridized carbons (Fsp3) is 0.333. The van der Waals surface area contributed by atoms with Gasteiger partial charge in [-0.1, -0.05) is 15.9 Å². The minimum Gasteiger partial charge on any atom is -0.483 e. The molecule has 1 aliphatic heterocycles. The van der Waals surface area contributed by atoms with Crippen LogP contribution >= 0.6 is 15.9 Å². The molecule has 0 saturated heterocycles. The number of aryl methyl sites for hydroxylation is 1. The first-order valence-corrected chi connectivity index (χ1v) is 9.80. The third-order valence-corrected chi connectivity index (χ3v) is 4.90. The van der Waals surface area contributed by atoms with Crippen molar-refractivity contribution in [2.75, 3.05) is 5.33 Å². The average Bonchev–Trinajstić information content (AvgIpc) is 2.60. The molecule has 0 bridgehead atoms. The van der Waals surface area contributed by atoms with Crippen molar-refractivity contribution in [3.8, 4) is 11.8 Å². The normalized spacial score (nSPS) is 14.8. The van der Waals surface area contributed by atoms with Crippen LogP contribution in [-0.4, -0.2) is 15.5 Å². The van der Waals surface area contributed by atoms with Gasteiger partial charge in [0, 0.05) is 23.2 Å². The second-order valence-electron chi connectivity index (χ2n) is 6.95. The lowest BCUT2D eigenvalue weighted by Gasteiger charge is -2.31. The highest BCUT2D eigenvalue weighted by Crippen LogP contribution is 2.36. The third kappa shape index (κ3) is 3.91. The lowest BCUT2D eigenvalue weighted by Crippen LogP contribution is -2.32. The van der Waals surface area contributed by atoms with E-state index >= 15 is 0 Å². The van der Waals surface area contributed by atoms with Gasteiger partial charge in [0.15, 0.2) is 0 Å². The smallest absolute Gasteiger partial charge is 0.255 e. The van der Waals surface area contributed by atoms with Crippen LogP contribution in [0.4, 0.5) is 0 Å². The van der Waals surface area contributed by atoms with Crippen LogP contribution in [0.5, 0.6) is 5.75 Å². The zero-order valence-corrected chi connectivity index (χ0v) is 16.5. The zero-order valence-electron chi connectivity index (χ0n) is 15.0. The lowest BCUT2D eigenvalue weighted by atomic mass is 9.97. The van der Waals surface area contributed by atoms with Crippen molar-refractivity contribution in [1.29, 1.82) is 5.26 Å². The van der Waals surface area contributed by atoms with Gasteiger partial charge in [-0.25, -0.2) is 0 Å². The van der Waals surface area contributed by atoms with Crippen molar-refractivity contribution in [2.45, 2.75) is 38.7 Å². The summed E-state index contributed by atoms with van der Waals surface area (Å²) in [5.41, 5.74) is 2.49. The van der Waals surface area contributed by atoms with Crippen LogP contribution in [0.25, 0.3) is 5.70 Å². The highest BCUT2D eigenvalue weighted by atomic mass is 79.9. The largest absolute Gasteiger partial charge is 0.483 e. The van der Waals surface area contributed by atoms with Crippen LogP contribution in [0.15, 0.2) is 47.4 Å². The summed E-state index contributed by atoms with van der Waals surface area (Å²) in [4.78, 5) is 12.8. The van der Waals surface area contributed by atoms with Gasteiger partial charge in [-0.15, -0.1) is 0 Å². The first-order chi connectivity index (χ1) is 12.4. The third-order valence-electron chi connectivity index (χ3n) is 4.33. The Labute approximate surface area is 161 Å². The van der Waals surface area contributed by atoms with E-state index in [1.54, 1.807) is 28.8 Å². The second-order valence-corrected chi connectivity index (χ2v) is 7.74. The van der Waals surface area contributed by atoms with Gasteiger partial charge >= 0.3 is 0 Å². The van der Waals surface area contributed by atoms with Gasteiger partial charge in [-0.3, -0.25) is 9.36 Å². The first-order valence-electron chi connectivity index (χ1n) is 8.68. The van der Waals surface area contributed by atoms with Gasteiger partial charge in [-0.2, -0.15) is 5.26 Å². The van der Waals surface area contributed by atoms with Crippen molar-refractivity contribution < 1.29 is 4.74 Å². The van der Waals surface area contributed by atoms with Gasteiger partial charge in [0.1, 0.15) is 11.4 Å². The van der Waals surface area contributed by atoms with Gasteiger partial charge < -0.3 is 4.74 Å². The summed E-state index contributed by atoms with van der Waals surface area (Å²) < 4.78 is 7.63. The Morgan fingerprint density at radius 3 is 2.73 bits per heavy atom. The van der Waals surface area contributed by atoms with Gasteiger partial charge in [0.2, 0.25) is 0 Å². The maximum Gasteiger partial charge on any atom is 0.255 e. The number of hydrogen-bond donors (Lipinski definition) is 0. The maximum absolute atomic E-state index is 12.8. The Morgan fingerprint density at radius 1 is 1.23 bits per heavy atom. The molecular weight excluding hydrogens is 392 g/mol. The van der Waals surface area contributed by atoms with Crippen LogP contribution in [0, 0.1) is 11.3 Å². The molecule has 0 radical (unpaired) electrons. The molecule has 1 aromatic carbocycles. The summed E-state index contributed by atoms with van der Waals surface area (Å²) in [5.74, 6) is 0.680. The first kappa shape index (κ1) is 18.5.